The second-order valence-electron chi connectivity index (χ2n) is 2.00. The average molecular weight is 164 g/mol. The lowest BCUT2D eigenvalue weighted by molar-refractivity contribution is 0.140. The third-order valence-electron chi connectivity index (χ3n) is 1.29. The molecule has 0 amide bonds. The number of halogens is 3. The van der Waals surface area contributed by atoms with E-state index in [9.17, 15) is 13.2 Å². The molecule has 0 aliphatic rings. The molecule has 0 spiro atoms. The van der Waals surface area contributed by atoms with Crippen LogP contribution in [0.5, 0.6) is 0 Å². The number of imidazole rings is 1. The molecule has 5 heteroatoms. The van der Waals surface area contributed by atoms with E-state index < -0.39 is 13.1 Å². The van der Waals surface area contributed by atoms with Gasteiger partial charge in [0.2, 0.25) is 0 Å². The summed E-state index contributed by atoms with van der Waals surface area (Å²) in [4.78, 5) is 3.48. The lowest BCUT2D eigenvalue weighted by Gasteiger charge is -2.02. The lowest BCUT2D eigenvalue weighted by atomic mass is 10.5. The highest BCUT2D eigenvalue weighted by Gasteiger charge is 2.11. The summed E-state index contributed by atoms with van der Waals surface area (Å²) in [5, 5.41) is 0. The van der Waals surface area contributed by atoms with Crippen molar-refractivity contribution in [1.82, 2.24) is 9.55 Å². The molecule has 0 saturated carbocycles. The van der Waals surface area contributed by atoms with E-state index in [0.717, 1.165) is 10.8 Å². The van der Waals surface area contributed by atoms with Crippen molar-refractivity contribution in [3.8, 4) is 0 Å². The molecule has 0 aromatic carbocycles. The molecular formula is C6H7F3N2. The predicted molar refractivity (Wildman–Crippen MR) is 33.2 cm³/mol. The molecule has 2 nitrogen and oxygen atoms in total. The van der Waals surface area contributed by atoms with Gasteiger partial charge in [-0.2, -0.15) is 0 Å². The smallest absolute Gasteiger partial charge is 0.280 e. The zero-order valence-corrected chi connectivity index (χ0v) is 5.67. The van der Waals surface area contributed by atoms with Gasteiger partial charge in [-0.05, 0) is 0 Å². The van der Waals surface area contributed by atoms with Gasteiger partial charge < -0.3 is 4.57 Å². The van der Waals surface area contributed by atoms with Crippen LogP contribution < -0.4 is 0 Å². The van der Waals surface area contributed by atoms with Gasteiger partial charge in [-0.3, -0.25) is 0 Å². The van der Waals surface area contributed by atoms with E-state index in [1.54, 1.807) is 0 Å². The summed E-state index contributed by atoms with van der Waals surface area (Å²) < 4.78 is 36.8. The summed E-state index contributed by atoms with van der Waals surface area (Å²) in [6.07, 6.45) is -0.342. The average Bonchev–Trinajstić information content (AvgIpc) is 2.36. The molecule has 1 heterocycles. The van der Waals surface area contributed by atoms with E-state index in [1.165, 1.54) is 6.33 Å². The molecule has 0 atom stereocenters. The molecule has 1 aromatic rings. The van der Waals surface area contributed by atoms with Crippen LogP contribution in [0.1, 0.15) is 12.1 Å². The number of aryl methyl sites for hydroxylation is 1. The Morgan fingerprint density at radius 3 is 2.82 bits per heavy atom. The summed E-state index contributed by atoms with van der Waals surface area (Å²) in [6, 6.07) is 0. The molecule has 0 fully saturated rings. The number of rotatable bonds is 3. The minimum Gasteiger partial charge on any atom is -0.327 e. The highest BCUT2D eigenvalue weighted by Crippen LogP contribution is 2.17. The molecular weight excluding hydrogens is 157 g/mol. The fraction of sp³-hybridized carbons (Fsp3) is 0.500. The minimum atomic E-state index is -2.58. The van der Waals surface area contributed by atoms with Crippen LogP contribution in [0.2, 0.25) is 0 Å². The Kier molecular flexibility index (Phi) is 2.51. The van der Waals surface area contributed by atoms with Crippen molar-refractivity contribution in [1.29, 1.82) is 0 Å². The quantitative estimate of drug-likeness (QED) is 0.665. The Labute approximate surface area is 61.7 Å². The number of nitrogens with zero attached hydrogens (tertiary/aromatic N) is 2. The molecule has 0 aliphatic carbocycles. The van der Waals surface area contributed by atoms with Crippen LogP contribution in [-0.4, -0.2) is 16.2 Å². The molecule has 0 unspecified atom stereocenters. The molecule has 1 rings (SSSR count). The third-order valence-corrected chi connectivity index (χ3v) is 1.29. The van der Waals surface area contributed by atoms with Crippen LogP contribution >= 0.6 is 0 Å². The molecule has 0 aliphatic heterocycles. The van der Waals surface area contributed by atoms with E-state index in [2.05, 4.69) is 4.98 Å². The van der Waals surface area contributed by atoms with Gasteiger partial charge in [-0.15, -0.1) is 0 Å². The van der Waals surface area contributed by atoms with Gasteiger partial charge in [-0.1, -0.05) is 0 Å². The van der Waals surface area contributed by atoms with Crippen molar-refractivity contribution in [2.45, 2.75) is 13.0 Å². The first-order valence-corrected chi connectivity index (χ1v) is 3.10. The van der Waals surface area contributed by atoms with Crippen molar-refractivity contribution in [3.63, 3.8) is 0 Å². The zero-order valence-electron chi connectivity index (χ0n) is 5.67. The number of hydrogen-bond acceptors (Lipinski definition) is 1. The van der Waals surface area contributed by atoms with Crippen molar-refractivity contribution in [2.24, 2.45) is 0 Å². The zero-order chi connectivity index (χ0) is 8.27. The van der Waals surface area contributed by atoms with E-state index >= 15 is 0 Å². The Hall–Kier alpha value is -1.00. The highest BCUT2D eigenvalue weighted by molar-refractivity contribution is 4.99. The fourth-order valence-corrected chi connectivity index (χ4v) is 0.791. The number of alkyl halides is 3. The maximum atomic E-state index is 12.0. The van der Waals surface area contributed by atoms with Gasteiger partial charge >= 0.3 is 0 Å². The van der Waals surface area contributed by atoms with Crippen molar-refractivity contribution < 1.29 is 13.2 Å². The summed E-state index contributed by atoms with van der Waals surface area (Å²) >= 11 is 0. The van der Waals surface area contributed by atoms with Crippen LogP contribution in [0.3, 0.4) is 0 Å². The van der Waals surface area contributed by atoms with E-state index in [4.69, 9.17) is 0 Å². The summed E-state index contributed by atoms with van der Waals surface area (Å²) in [5.74, 6) is 0. The summed E-state index contributed by atoms with van der Waals surface area (Å²) in [6.45, 7) is -0.713. The largest absolute Gasteiger partial charge is 0.327 e. The second-order valence-corrected chi connectivity index (χ2v) is 2.00. The van der Waals surface area contributed by atoms with Gasteiger partial charge in [0.15, 0.2) is 0 Å². The second kappa shape index (κ2) is 3.41. The first-order valence-electron chi connectivity index (χ1n) is 3.10. The lowest BCUT2D eigenvalue weighted by Crippen LogP contribution is -2.03. The molecule has 62 valence electrons. The van der Waals surface area contributed by atoms with Crippen LogP contribution in [-0.2, 0) is 6.54 Å². The summed E-state index contributed by atoms with van der Waals surface area (Å²) in [7, 11) is 0. The van der Waals surface area contributed by atoms with Crippen LogP contribution in [0.15, 0.2) is 12.5 Å². The summed E-state index contributed by atoms with van der Waals surface area (Å²) in [5.41, 5.74) is -0.234. The molecule has 1 aromatic heterocycles. The molecule has 0 bridgehead atoms. The predicted octanol–water partition coefficient (Wildman–Crippen LogP) is 1.79. The Morgan fingerprint density at radius 2 is 2.27 bits per heavy atom. The van der Waals surface area contributed by atoms with Gasteiger partial charge in [0.05, 0.1) is 19.1 Å². The first-order chi connectivity index (χ1) is 5.25. The van der Waals surface area contributed by atoms with E-state index in [-0.39, 0.29) is 12.2 Å². The first kappa shape index (κ1) is 8.10. The SMILES string of the molecule is FCCn1cncc1C(F)F. The van der Waals surface area contributed by atoms with Crippen LogP contribution in [0.25, 0.3) is 0 Å². The Balaban J connectivity index is 2.78. The van der Waals surface area contributed by atoms with E-state index in [0.29, 0.717) is 0 Å². The fourth-order valence-electron chi connectivity index (χ4n) is 0.791. The highest BCUT2D eigenvalue weighted by atomic mass is 19.3. The normalized spacial score (nSPS) is 10.9. The van der Waals surface area contributed by atoms with Crippen molar-refractivity contribution in [2.75, 3.05) is 6.67 Å². The molecule has 11 heavy (non-hydrogen) atoms. The van der Waals surface area contributed by atoms with Crippen LogP contribution in [0.4, 0.5) is 13.2 Å². The standard InChI is InChI=1S/C6H7F3N2/c7-1-2-11-4-10-3-5(11)6(8)9/h3-4,6H,1-2H2. The number of hydrogen-bond donors (Lipinski definition) is 0. The van der Waals surface area contributed by atoms with Gasteiger partial charge in [-0.25, -0.2) is 18.2 Å². The van der Waals surface area contributed by atoms with Crippen LogP contribution in [0, 0.1) is 0 Å². The van der Waals surface area contributed by atoms with Crippen molar-refractivity contribution >= 4 is 0 Å². The topological polar surface area (TPSA) is 17.8 Å². The molecule has 0 saturated heterocycles. The monoisotopic (exact) mass is 164 g/mol. The van der Waals surface area contributed by atoms with Crippen molar-refractivity contribution in [3.05, 3.63) is 18.2 Å². The Bertz CT molecular complexity index is 221. The minimum absolute atomic E-state index is 0.0559. The molecule has 0 radical (unpaired) electrons. The maximum Gasteiger partial charge on any atom is 0.280 e. The molecule has 0 N–H and O–H groups in total. The van der Waals surface area contributed by atoms with E-state index in [1.807, 2.05) is 0 Å². The Morgan fingerprint density at radius 1 is 1.55 bits per heavy atom. The number of aromatic nitrogens is 2. The third kappa shape index (κ3) is 1.72. The van der Waals surface area contributed by atoms with Gasteiger partial charge in [0, 0.05) is 0 Å². The van der Waals surface area contributed by atoms with Gasteiger partial charge in [0.25, 0.3) is 6.43 Å². The van der Waals surface area contributed by atoms with Gasteiger partial charge in [0.1, 0.15) is 12.4 Å². The maximum absolute atomic E-state index is 12.0.